The van der Waals surface area contributed by atoms with Crippen molar-refractivity contribution in [3.8, 4) is 0 Å². The highest BCUT2D eigenvalue weighted by molar-refractivity contribution is 5.83. The van der Waals surface area contributed by atoms with Crippen molar-refractivity contribution in [2.24, 2.45) is 0 Å². The molecule has 5 nitrogen and oxygen atoms in total. The number of benzene rings is 1. The average Bonchev–Trinajstić information content (AvgIpc) is 2.80. The number of hydrogen-bond donors (Lipinski definition) is 0. The Morgan fingerprint density at radius 1 is 1.18 bits per heavy atom. The van der Waals surface area contributed by atoms with Crippen molar-refractivity contribution < 1.29 is 4.79 Å². The summed E-state index contributed by atoms with van der Waals surface area (Å²) in [6, 6.07) is 7.68. The molecule has 0 fully saturated rings. The molecule has 0 radical (unpaired) electrons. The standard InChI is InChI=1S/C17H21N3O2/c1-18(2)16(21)12-19-14-10-6-7-11-15(14)20(17(19)22)13-8-4-3-5-9-13/h6-8,10-11H,3-5,9,12H2,1-2H3. The minimum Gasteiger partial charge on any atom is -0.347 e. The van der Waals surface area contributed by atoms with Crippen LogP contribution in [0.15, 0.2) is 35.1 Å². The summed E-state index contributed by atoms with van der Waals surface area (Å²) in [5, 5.41) is 0. The second-order valence-corrected chi connectivity index (χ2v) is 5.92. The molecule has 22 heavy (non-hydrogen) atoms. The first-order valence-corrected chi connectivity index (χ1v) is 7.69. The van der Waals surface area contributed by atoms with Crippen LogP contribution in [-0.4, -0.2) is 34.0 Å². The maximum atomic E-state index is 12.9. The van der Waals surface area contributed by atoms with Crippen molar-refractivity contribution in [3.05, 3.63) is 40.8 Å². The van der Waals surface area contributed by atoms with Gasteiger partial charge >= 0.3 is 5.69 Å². The highest BCUT2D eigenvalue weighted by atomic mass is 16.2. The Morgan fingerprint density at radius 2 is 1.91 bits per heavy atom. The van der Waals surface area contributed by atoms with Crippen molar-refractivity contribution >= 4 is 22.6 Å². The normalized spacial score (nSPS) is 14.9. The zero-order chi connectivity index (χ0) is 15.7. The van der Waals surface area contributed by atoms with Gasteiger partial charge in [-0.3, -0.25) is 13.9 Å². The van der Waals surface area contributed by atoms with E-state index in [1.165, 1.54) is 11.3 Å². The summed E-state index contributed by atoms with van der Waals surface area (Å²) in [7, 11) is 3.41. The number of rotatable bonds is 3. The van der Waals surface area contributed by atoms with E-state index in [1.54, 1.807) is 23.2 Å². The van der Waals surface area contributed by atoms with Gasteiger partial charge in [0, 0.05) is 19.8 Å². The number of aromatic nitrogens is 2. The summed E-state index contributed by atoms with van der Waals surface area (Å²) in [5.74, 6) is -0.0809. The summed E-state index contributed by atoms with van der Waals surface area (Å²) in [6.45, 7) is 0.0760. The first-order valence-electron chi connectivity index (χ1n) is 7.69. The van der Waals surface area contributed by atoms with Crippen molar-refractivity contribution in [2.75, 3.05) is 14.1 Å². The molecule has 0 N–H and O–H groups in total. The lowest BCUT2D eigenvalue weighted by atomic mass is 10.0. The number of hydrogen-bond acceptors (Lipinski definition) is 2. The second kappa shape index (κ2) is 5.83. The highest BCUT2D eigenvalue weighted by Gasteiger charge is 2.19. The summed E-state index contributed by atoms with van der Waals surface area (Å²) in [5.41, 5.74) is 2.63. The van der Waals surface area contributed by atoms with Gasteiger partial charge < -0.3 is 4.90 Å². The van der Waals surface area contributed by atoms with Crippen LogP contribution < -0.4 is 5.69 Å². The molecule has 0 saturated carbocycles. The van der Waals surface area contributed by atoms with E-state index in [9.17, 15) is 9.59 Å². The van der Waals surface area contributed by atoms with E-state index in [0.717, 1.165) is 36.0 Å². The molecule has 1 aliphatic rings. The largest absolute Gasteiger partial charge is 0.347 e. The number of carbonyl (C=O) groups is 1. The first kappa shape index (κ1) is 14.6. The van der Waals surface area contributed by atoms with Crippen LogP contribution in [0.2, 0.25) is 0 Å². The zero-order valence-corrected chi connectivity index (χ0v) is 13.1. The van der Waals surface area contributed by atoms with Gasteiger partial charge in [-0.25, -0.2) is 4.79 Å². The van der Waals surface area contributed by atoms with Gasteiger partial charge in [0.1, 0.15) is 6.54 Å². The lowest BCUT2D eigenvalue weighted by Gasteiger charge is -2.13. The Labute approximate surface area is 129 Å². The van der Waals surface area contributed by atoms with Crippen molar-refractivity contribution in [3.63, 3.8) is 0 Å². The number of fused-ring (bicyclic) bond motifs is 1. The van der Waals surface area contributed by atoms with Gasteiger partial charge in [0.25, 0.3) is 0 Å². The fourth-order valence-electron chi connectivity index (χ4n) is 2.94. The molecule has 0 bridgehead atoms. The molecule has 1 aliphatic carbocycles. The lowest BCUT2D eigenvalue weighted by Crippen LogP contribution is -2.32. The Bertz CT molecular complexity index is 796. The van der Waals surface area contributed by atoms with Crippen molar-refractivity contribution in [2.45, 2.75) is 32.2 Å². The Hall–Kier alpha value is -2.30. The van der Waals surface area contributed by atoms with Gasteiger partial charge in [-0.2, -0.15) is 0 Å². The van der Waals surface area contributed by atoms with Crippen LogP contribution in [0.25, 0.3) is 16.7 Å². The third kappa shape index (κ3) is 2.47. The summed E-state index contributed by atoms with van der Waals surface area (Å²) in [4.78, 5) is 26.4. The van der Waals surface area contributed by atoms with E-state index in [1.807, 2.05) is 24.3 Å². The zero-order valence-electron chi connectivity index (χ0n) is 13.1. The Balaban J connectivity index is 2.17. The fourth-order valence-corrected chi connectivity index (χ4v) is 2.94. The summed E-state index contributed by atoms with van der Waals surface area (Å²) < 4.78 is 3.35. The van der Waals surface area contributed by atoms with Gasteiger partial charge in [0.15, 0.2) is 0 Å². The molecule has 0 unspecified atom stereocenters. The number of allylic oxidation sites excluding steroid dienone is 2. The number of amides is 1. The smallest absolute Gasteiger partial charge is 0.333 e. The molecule has 1 heterocycles. The first-order chi connectivity index (χ1) is 10.6. The van der Waals surface area contributed by atoms with Crippen LogP contribution in [0, 0.1) is 0 Å². The van der Waals surface area contributed by atoms with Gasteiger partial charge in [-0.15, -0.1) is 0 Å². The van der Waals surface area contributed by atoms with E-state index in [-0.39, 0.29) is 18.1 Å². The third-order valence-corrected chi connectivity index (χ3v) is 4.18. The topological polar surface area (TPSA) is 47.2 Å². The number of carbonyl (C=O) groups excluding carboxylic acids is 1. The van der Waals surface area contributed by atoms with E-state index in [2.05, 4.69) is 6.08 Å². The molecule has 116 valence electrons. The molecule has 0 atom stereocenters. The maximum absolute atomic E-state index is 12.9. The average molecular weight is 299 g/mol. The van der Waals surface area contributed by atoms with E-state index in [4.69, 9.17) is 0 Å². The number of para-hydroxylation sites is 2. The van der Waals surface area contributed by atoms with E-state index in [0.29, 0.717) is 0 Å². The van der Waals surface area contributed by atoms with E-state index < -0.39 is 0 Å². The molecule has 0 aliphatic heterocycles. The molecule has 0 spiro atoms. The molecular weight excluding hydrogens is 278 g/mol. The van der Waals surface area contributed by atoms with Gasteiger partial charge in [-0.05, 0) is 37.8 Å². The highest BCUT2D eigenvalue weighted by Crippen LogP contribution is 2.24. The SMILES string of the molecule is CN(C)C(=O)Cn1c(=O)n(C2=CCCCC2)c2ccccc21. The molecule has 1 aromatic heterocycles. The van der Waals surface area contributed by atoms with E-state index >= 15 is 0 Å². The van der Waals surface area contributed by atoms with Crippen molar-refractivity contribution in [1.82, 2.24) is 14.0 Å². The monoisotopic (exact) mass is 299 g/mol. The number of imidazole rings is 1. The fraction of sp³-hybridized carbons (Fsp3) is 0.412. The van der Waals surface area contributed by atoms with Crippen LogP contribution in [0.4, 0.5) is 0 Å². The van der Waals surface area contributed by atoms with Crippen LogP contribution in [-0.2, 0) is 11.3 Å². The van der Waals surface area contributed by atoms with Gasteiger partial charge in [-0.1, -0.05) is 18.2 Å². The van der Waals surface area contributed by atoms with Crippen LogP contribution in [0.1, 0.15) is 25.7 Å². The second-order valence-electron chi connectivity index (χ2n) is 5.92. The minimum atomic E-state index is -0.121. The van der Waals surface area contributed by atoms with Gasteiger partial charge in [0.05, 0.1) is 11.0 Å². The third-order valence-electron chi connectivity index (χ3n) is 4.18. The molecule has 3 rings (SSSR count). The summed E-state index contributed by atoms with van der Waals surface area (Å²) >= 11 is 0. The molecule has 5 heteroatoms. The number of nitrogens with zero attached hydrogens (tertiary/aromatic N) is 3. The number of likely N-dealkylation sites (N-methyl/N-ethyl adjacent to an activating group) is 1. The van der Waals surface area contributed by atoms with Gasteiger partial charge in [0.2, 0.25) is 5.91 Å². The molecular formula is C17H21N3O2. The van der Waals surface area contributed by atoms with Crippen molar-refractivity contribution in [1.29, 1.82) is 0 Å². The molecule has 2 aromatic rings. The summed E-state index contributed by atoms with van der Waals surface area (Å²) in [6.07, 6.45) is 6.35. The molecule has 1 amide bonds. The minimum absolute atomic E-state index is 0.0760. The maximum Gasteiger partial charge on any atom is 0.333 e. The molecule has 1 aromatic carbocycles. The predicted octanol–water partition coefficient (Wildman–Crippen LogP) is 2.31. The Morgan fingerprint density at radius 3 is 2.55 bits per heavy atom. The quantitative estimate of drug-likeness (QED) is 0.873. The molecule has 0 saturated heterocycles. The lowest BCUT2D eigenvalue weighted by molar-refractivity contribution is -0.129. The van der Waals surface area contributed by atoms with Crippen LogP contribution in [0.5, 0.6) is 0 Å². The Kier molecular flexibility index (Phi) is 3.88. The predicted molar refractivity (Wildman–Crippen MR) is 87.6 cm³/mol. The van der Waals surface area contributed by atoms with Crippen LogP contribution >= 0.6 is 0 Å². The van der Waals surface area contributed by atoms with Crippen LogP contribution in [0.3, 0.4) is 0 Å².